The van der Waals surface area contributed by atoms with E-state index in [2.05, 4.69) is 17.4 Å². The van der Waals surface area contributed by atoms with Gasteiger partial charge in [0, 0.05) is 31.7 Å². The third kappa shape index (κ3) is 4.05. The monoisotopic (exact) mass is 348 g/mol. The Hall–Kier alpha value is -1.55. The summed E-state index contributed by atoms with van der Waals surface area (Å²) in [5.41, 5.74) is 3.26. The second kappa shape index (κ2) is 7.35. The van der Waals surface area contributed by atoms with Gasteiger partial charge in [0.1, 0.15) is 0 Å². The van der Waals surface area contributed by atoms with Gasteiger partial charge in [0.2, 0.25) is 5.91 Å². The number of hydrogen-bond acceptors (Lipinski definition) is 2. The second-order valence-corrected chi connectivity index (χ2v) is 6.48. The quantitative estimate of drug-likeness (QED) is 0.867. The summed E-state index contributed by atoms with van der Waals surface area (Å²) in [6.45, 7) is 2.31. The van der Waals surface area contributed by atoms with E-state index in [1.165, 1.54) is 5.56 Å². The fourth-order valence-electron chi connectivity index (χ4n) is 2.72. The van der Waals surface area contributed by atoms with Gasteiger partial charge in [-0.15, -0.1) is 0 Å². The Kier molecular flexibility index (Phi) is 5.21. The summed E-state index contributed by atoms with van der Waals surface area (Å²) in [5.74, 6) is 0.218. The minimum absolute atomic E-state index is 0.218. The van der Waals surface area contributed by atoms with E-state index in [4.69, 9.17) is 23.2 Å². The van der Waals surface area contributed by atoms with Gasteiger partial charge >= 0.3 is 0 Å². The summed E-state index contributed by atoms with van der Waals surface area (Å²) >= 11 is 11.9. The highest BCUT2D eigenvalue weighted by molar-refractivity contribution is 6.42. The number of carbonyl (C=O) groups is 1. The zero-order valence-corrected chi connectivity index (χ0v) is 14.2. The molecule has 1 saturated heterocycles. The van der Waals surface area contributed by atoms with Crippen LogP contribution in [-0.2, 0) is 17.9 Å². The molecule has 1 amide bonds. The van der Waals surface area contributed by atoms with Gasteiger partial charge in [-0.05, 0) is 41.8 Å². The molecule has 1 aliphatic rings. The van der Waals surface area contributed by atoms with Crippen LogP contribution in [-0.4, -0.2) is 12.5 Å². The molecule has 0 aromatic heterocycles. The molecule has 1 fully saturated rings. The summed E-state index contributed by atoms with van der Waals surface area (Å²) in [5, 5.41) is 4.53. The van der Waals surface area contributed by atoms with E-state index in [0.29, 0.717) is 16.5 Å². The lowest BCUT2D eigenvalue weighted by atomic mass is 10.2. The number of amides is 1. The number of halogens is 2. The molecule has 2 aromatic rings. The molecule has 3 rings (SSSR count). The van der Waals surface area contributed by atoms with Crippen molar-refractivity contribution in [3.05, 3.63) is 63.6 Å². The Morgan fingerprint density at radius 3 is 2.30 bits per heavy atom. The predicted molar refractivity (Wildman–Crippen MR) is 95.0 cm³/mol. The Balaban J connectivity index is 1.54. The van der Waals surface area contributed by atoms with Crippen molar-refractivity contribution in [3.8, 4) is 0 Å². The number of nitrogens with zero attached hydrogens (tertiary/aromatic N) is 1. The van der Waals surface area contributed by atoms with E-state index in [1.54, 1.807) is 0 Å². The Bertz CT molecular complexity index is 701. The molecular weight excluding hydrogens is 331 g/mol. The topological polar surface area (TPSA) is 32.3 Å². The van der Waals surface area contributed by atoms with Crippen molar-refractivity contribution in [2.24, 2.45) is 0 Å². The van der Waals surface area contributed by atoms with E-state index in [0.717, 1.165) is 37.3 Å². The van der Waals surface area contributed by atoms with Crippen LogP contribution in [0.5, 0.6) is 0 Å². The van der Waals surface area contributed by atoms with Crippen LogP contribution in [0.15, 0.2) is 42.5 Å². The molecule has 2 aromatic carbocycles. The van der Waals surface area contributed by atoms with Crippen molar-refractivity contribution in [1.82, 2.24) is 5.32 Å². The fraction of sp³-hybridized carbons (Fsp3) is 0.278. The molecule has 5 heteroatoms. The predicted octanol–water partition coefficient (Wildman–Crippen LogP) is 4.41. The molecular formula is C18H18Cl2N2O. The van der Waals surface area contributed by atoms with Crippen molar-refractivity contribution < 1.29 is 4.79 Å². The number of rotatable bonds is 5. The zero-order valence-electron chi connectivity index (χ0n) is 12.7. The van der Waals surface area contributed by atoms with Crippen molar-refractivity contribution >= 4 is 34.8 Å². The molecule has 120 valence electrons. The van der Waals surface area contributed by atoms with Crippen molar-refractivity contribution in [2.75, 3.05) is 11.4 Å². The van der Waals surface area contributed by atoms with Crippen molar-refractivity contribution in [3.63, 3.8) is 0 Å². The first-order valence-corrected chi connectivity index (χ1v) is 8.43. The first-order valence-electron chi connectivity index (χ1n) is 7.67. The summed E-state index contributed by atoms with van der Waals surface area (Å²) in [4.78, 5) is 13.6. The maximum absolute atomic E-state index is 11.7. The molecule has 1 aliphatic heterocycles. The molecule has 0 atom stereocenters. The highest BCUT2D eigenvalue weighted by Crippen LogP contribution is 2.23. The minimum atomic E-state index is 0.218. The number of hydrogen-bond donors (Lipinski definition) is 1. The fourth-order valence-corrected chi connectivity index (χ4v) is 3.04. The molecule has 0 spiro atoms. The summed E-state index contributed by atoms with van der Waals surface area (Å²) in [7, 11) is 0. The third-order valence-corrected chi connectivity index (χ3v) is 4.70. The highest BCUT2D eigenvalue weighted by Gasteiger charge is 2.21. The maximum Gasteiger partial charge on any atom is 0.227 e. The van der Waals surface area contributed by atoms with Crippen LogP contribution < -0.4 is 10.2 Å². The van der Waals surface area contributed by atoms with E-state index < -0.39 is 0 Å². The van der Waals surface area contributed by atoms with E-state index in [9.17, 15) is 4.79 Å². The van der Waals surface area contributed by atoms with Crippen molar-refractivity contribution in [2.45, 2.75) is 25.9 Å². The van der Waals surface area contributed by atoms with Gasteiger partial charge in [0.25, 0.3) is 0 Å². The van der Waals surface area contributed by atoms with Crippen molar-refractivity contribution in [1.29, 1.82) is 0 Å². The van der Waals surface area contributed by atoms with Crippen LogP contribution in [0.3, 0.4) is 0 Å². The van der Waals surface area contributed by atoms with Crippen LogP contribution in [0.1, 0.15) is 24.0 Å². The SMILES string of the molecule is O=C1CCCN1c1ccc(CNCc2ccc(Cl)c(Cl)c2)cc1. The van der Waals surface area contributed by atoms with Crippen LogP contribution in [0.25, 0.3) is 0 Å². The van der Waals surface area contributed by atoms with Gasteiger partial charge in [-0.1, -0.05) is 41.4 Å². The Morgan fingerprint density at radius 2 is 1.65 bits per heavy atom. The van der Waals surface area contributed by atoms with Crippen LogP contribution >= 0.6 is 23.2 Å². The zero-order chi connectivity index (χ0) is 16.2. The molecule has 0 bridgehead atoms. The smallest absolute Gasteiger partial charge is 0.227 e. The lowest BCUT2D eigenvalue weighted by Gasteiger charge is -2.16. The molecule has 0 saturated carbocycles. The number of carbonyl (C=O) groups excluding carboxylic acids is 1. The normalized spacial score (nSPS) is 14.5. The summed E-state index contributed by atoms with van der Waals surface area (Å²) in [6, 6.07) is 13.8. The second-order valence-electron chi connectivity index (χ2n) is 5.67. The number of anilines is 1. The minimum Gasteiger partial charge on any atom is -0.312 e. The van der Waals surface area contributed by atoms with Gasteiger partial charge in [-0.25, -0.2) is 0 Å². The number of nitrogens with one attached hydrogen (secondary N) is 1. The van der Waals surface area contributed by atoms with Gasteiger partial charge in [-0.2, -0.15) is 0 Å². The Morgan fingerprint density at radius 1 is 0.957 bits per heavy atom. The third-order valence-electron chi connectivity index (χ3n) is 3.96. The number of benzene rings is 2. The van der Waals surface area contributed by atoms with Gasteiger partial charge in [-0.3, -0.25) is 4.79 Å². The molecule has 1 N–H and O–H groups in total. The molecule has 0 radical (unpaired) electrons. The lowest BCUT2D eigenvalue weighted by molar-refractivity contribution is -0.117. The molecule has 3 nitrogen and oxygen atoms in total. The van der Waals surface area contributed by atoms with Crippen LogP contribution in [0.4, 0.5) is 5.69 Å². The lowest BCUT2D eigenvalue weighted by Crippen LogP contribution is -2.23. The molecule has 23 heavy (non-hydrogen) atoms. The molecule has 0 aliphatic carbocycles. The van der Waals surface area contributed by atoms with Crippen LogP contribution in [0, 0.1) is 0 Å². The first-order chi connectivity index (χ1) is 11.1. The molecule has 0 unspecified atom stereocenters. The van der Waals surface area contributed by atoms with Gasteiger partial charge < -0.3 is 10.2 Å². The first kappa shape index (κ1) is 16.3. The molecule has 1 heterocycles. The average Bonchev–Trinajstić information content (AvgIpc) is 2.98. The standard InChI is InChI=1S/C18H18Cl2N2O/c19-16-8-5-14(10-17(16)20)12-21-11-13-3-6-15(7-4-13)22-9-1-2-18(22)23/h3-8,10,21H,1-2,9,11-12H2. The maximum atomic E-state index is 11.7. The van der Waals surface area contributed by atoms with E-state index in [1.807, 2.05) is 35.2 Å². The van der Waals surface area contributed by atoms with Crippen LogP contribution in [0.2, 0.25) is 10.0 Å². The summed E-state index contributed by atoms with van der Waals surface area (Å²) in [6.07, 6.45) is 1.61. The Labute approximate surface area is 146 Å². The van der Waals surface area contributed by atoms with Gasteiger partial charge in [0.05, 0.1) is 10.0 Å². The van der Waals surface area contributed by atoms with E-state index >= 15 is 0 Å². The van der Waals surface area contributed by atoms with Gasteiger partial charge in [0.15, 0.2) is 0 Å². The largest absolute Gasteiger partial charge is 0.312 e. The summed E-state index contributed by atoms with van der Waals surface area (Å²) < 4.78 is 0. The van der Waals surface area contributed by atoms with E-state index in [-0.39, 0.29) is 5.91 Å². The average molecular weight is 349 g/mol. The highest BCUT2D eigenvalue weighted by atomic mass is 35.5.